The standard InChI is InChI=1S/C13H17N5/c1-3-7-11-10(5-1)6-2-4-8-12(11)14-9-13-15-17-18-16-13/h1,3,5,7,12,14H,2,4,6,8-9H2,(H,15,16,17,18). The van der Waals surface area contributed by atoms with Crippen molar-refractivity contribution < 1.29 is 0 Å². The molecule has 0 spiro atoms. The predicted molar refractivity (Wildman–Crippen MR) is 67.8 cm³/mol. The minimum Gasteiger partial charge on any atom is -0.303 e. The molecule has 2 aromatic rings. The van der Waals surface area contributed by atoms with Gasteiger partial charge < -0.3 is 5.32 Å². The molecular weight excluding hydrogens is 226 g/mol. The molecule has 1 aromatic carbocycles. The summed E-state index contributed by atoms with van der Waals surface area (Å²) < 4.78 is 0. The zero-order valence-corrected chi connectivity index (χ0v) is 10.3. The molecule has 5 heteroatoms. The highest BCUT2D eigenvalue weighted by atomic mass is 15.5. The van der Waals surface area contributed by atoms with E-state index in [1.165, 1.54) is 36.8 Å². The van der Waals surface area contributed by atoms with Gasteiger partial charge in [0.15, 0.2) is 5.82 Å². The Labute approximate surface area is 106 Å². The Hall–Kier alpha value is -1.75. The van der Waals surface area contributed by atoms with Gasteiger partial charge in [-0.3, -0.25) is 0 Å². The number of tetrazole rings is 1. The van der Waals surface area contributed by atoms with Crippen molar-refractivity contribution in [1.82, 2.24) is 25.9 Å². The second-order valence-electron chi connectivity index (χ2n) is 4.71. The number of nitrogens with one attached hydrogen (secondary N) is 2. The highest BCUT2D eigenvalue weighted by Crippen LogP contribution is 2.28. The lowest BCUT2D eigenvalue weighted by Gasteiger charge is -2.18. The first-order valence-electron chi connectivity index (χ1n) is 6.47. The lowest BCUT2D eigenvalue weighted by Crippen LogP contribution is -2.21. The van der Waals surface area contributed by atoms with E-state index in [4.69, 9.17) is 0 Å². The first kappa shape index (κ1) is 11.3. The number of aromatic amines is 1. The van der Waals surface area contributed by atoms with E-state index >= 15 is 0 Å². The first-order valence-corrected chi connectivity index (χ1v) is 6.47. The molecule has 5 nitrogen and oxygen atoms in total. The van der Waals surface area contributed by atoms with Gasteiger partial charge in [0.1, 0.15) is 0 Å². The monoisotopic (exact) mass is 243 g/mol. The van der Waals surface area contributed by atoms with Gasteiger partial charge in [0.05, 0.1) is 6.54 Å². The summed E-state index contributed by atoms with van der Waals surface area (Å²) in [6.07, 6.45) is 4.90. The number of H-pyrrole nitrogens is 1. The summed E-state index contributed by atoms with van der Waals surface area (Å²) in [6.45, 7) is 0.662. The van der Waals surface area contributed by atoms with E-state index < -0.39 is 0 Å². The Kier molecular flexibility index (Phi) is 3.32. The van der Waals surface area contributed by atoms with Crippen molar-refractivity contribution in [2.45, 2.75) is 38.3 Å². The van der Waals surface area contributed by atoms with Crippen LogP contribution in [0.4, 0.5) is 0 Å². The fraction of sp³-hybridized carbons (Fsp3) is 0.462. The van der Waals surface area contributed by atoms with E-state index in [2.05, 4.69) is 50.2 Å². The number of fused-ring (bicyclic) bond motifs is 1. The third-order valence-corrected chi connectivity index (χ3v) is 3.52. The average molecular weight is 243 g/mol. The second-order valence-corrected chi connectivity index (χ2v) is 4.71. The maximum Gasteiger partial charge on any atom is 0.188 e. The number of nitrogens with zero attached hydrogens (tertiary/aromatic N) is 3. The molecule has 0 aliphatic heterocycles. The lowest BCUT2D eigenvalue weighted by atomic mass is 9.99. The Balaban J connectivity index is 1.75. The van der Waals surface area contributed by atoms with E-state index in [1.54, 1.807) is 0 Å². The van der Waals surface area contributed by atoms with Gasteiger partial charge in [-0.05, 0) is 30.4 Å². The second kappa shape index (κ2) is 5.27. The molecule has 0 amide bonds. The van der Waals surface area contributed by atoms with Crippen LogP contribution in [0, 0.1) is 0 Å². The summed E-state index contributed by atoms with van der Waals surface area (Å²) in [4.78, 5) is 0. The van der Waals surface area contributed by atoms with Gasteiger partial charge in [-0.1, -0.05) is 35.9 Å². The molecule has 0 bridgehead atoms. The van der Waals surface area contributed by atoms with Crippen LogP contribution in [0.2, 0.25) is 0 Å². The third kappa shape index (κ3) is 2.41. The quantitative estimate of drug-likeness (QED) is 0.806. The molecule has 94 valence electrons. The van der Waals surface area contributed by atoms with Crippen molar-refractivity contribution in [3.05, 3.63) is 41.2 Å². The number of hydrogen-bond donors (Lipinski definition) is 2. The van der Waals surface area contributed by atoms with E-state index in [0.29, 0.717) is 12.6 Å². The van der Waals surface area contributed by atoms with Crippen LogP contribution in [0.1, 0.15) is 42.3 Å². The molecule has 0 fully saturated rings. The molecule has 1 atom stereocenters. The number of rotatable bonds is 3. The highest BCUT2D eigenvalue weighted by molar-refractivity contribution is 5.31. The first-order chi connectivity index (χ1) is 8.93. The van der Waals surface area contributed by atoms with Gasteiger partial charge in [0.25, 0.3) is 0 Å². The predicted octanol–water partition coefficient (Wildman–Crippen LogP) is 1.76. The third-order valence-electron chi connectivity index (χ3n) is 3.52. The molecule has 0 radical (unpaired) electrons. The maximum absolute atomic E-state index is 3.97. The number of benzene rings is 1. The van der Waals surface area contributed by atoms with E-state index in [9.17, 15) is 0 Å². The molecule has 2 N–H and O–H groups in total. The van der Waals surface area contributed by atoms with Crippen LogP contribution < -0.4 is 5.32 Å². The van der Waals surface area contributed by atoms with E-state index in [0.717, 1.165) is 5.82 Å². The van der Waals surface area contributed by atoms with Gasteiger partial charge in [-0.2, -0.15) is 5.21 Å². The van der Waals surface area contributed by atoms with Crippen LogP contribution >= 0.6 is 0 Å². The zero-order chi connectivity index (χ0) is 12.2. The number of aromatic nitrogens is 4. The topological polar surface area (TPSA) is 66.5 Å². The smallest absolute Gasteiger partial charge is 0.188 e. The van der Waals surface area contributed by atoms with Crippen LogP contribution in [-0.2, 0) is 13.0 Å². The van der Waals surface area contributed by atoms with Crippen LogP contribution in [0.25, 0.3) is 0 Å². The maximum atomic E-state index is 3.97. The molecule has 1 aliphatic carbocycles. The van der Waals surface area contributed by atoms with E-state index in [1.807, 2.05) is 0 Å². The minimum atomic E-state index is 0.405. The van der Waals surface area contributed by atoms with Gasteiger partial charge in [-0.25, -0.2) is 0 Å². The molecule has 1 aromatic heterocycles. The van der Waals surface area contributed by atoms with Crippen molar-refractivity contribution in [2.75, 3.05) is 0 Å². The van der Waals surface area contributed by atoms with Crippen molar-refractivity contribution in [3.8, 4) is 0 Å². The van der Waals surface area contributed by atoms with Gasteiger partial charge >= 0.3 is 0 Å². The minimum absolute atomic E-state index is 0.405. The molecule has 0 saturated heterocycles. The SMILES string of the molecule is c1ccc2c(c1)CCCCC2NCc1nn[nH]n1. The Morgan fingerprint density at radius 3 is 3.11 bits per heavy atom. The number of hydrogen-bond acceptors (Lipinski definition) is 4. The van der Waals surface area contributed by atoms with Crippen LogP contribution in [0.15, 0.2) is 24.3 Å². The molecule has 1 heterocycles. The van der Waals surface area contributed by atoms with Gasteiger partial charge in [0, 0.05) is 6.04 Å². The molecule has 3 rings (SSSR count). The molecule has 1 aliphatic rings. The highest BCUT2D eigenvalue weighted by Gasteiger charge is 2.17. The van der Waals surface area contributed by atoms with Crippen molar-refractivity contribution in [3.63, 3.8) is 0 Å². The van der Waals surface area contributed by atoms with Gasteiger partial charge in [0.2, 0.25) is 0 Å². The summed E-state index contributed by atoms with van der Waals surface area (Å²) >= 11 is 0. The average Bonchev–Trinajstić information content (AvgIpc) is 2.84. The summed E-state index contributed by atoms with van der Waals surface area (Å²) in [5.74, 6) is 0.719. The fourth-order valence-electron chi connectivity index (χ4n) is 2.61. The lowest BCUT2D eigenvalue weighted by molar-refractivity contribution is 0.481. The van der Waals surface area contributed by atoms with E-state index in [-0.39, 0.29) is 0 Å². The summed E-state index contributed by atoms with van der Waals surface area (Å²) in [6, 6.07) is 9.12. The Morgan fingerprint density at radius 1 is 1.28 bits per heavy atom. The van der Waals surface area contributed by atoms with Crippen molar-refractivity contribution in [2.24, 2.45) is 0 Å². The van der Waals surface area contributed by atoms with Crippen molar-refractivity contribution in [1.29, 1.82) is 0 Å². The molecule has 18 heavy (non-hydrogen) atoms. The fourth-order valence-corrected chi connectivity index (χ4v) is 2.61. The Morgan fingerprint density at radius 2 is 2.22 bits per heavy atom. The molecular formula is C13H17N5. The largest absolute Gasteiger partial charge is 0.303 e. The molecule has 1 unspecified atom stereocenters. The van der Waals surface area contributed by atoms with Crippen LogP contribution in [0.5, 0.6) is 0 Å². The summed E-state index contributed by atoms with van der Waals surface area (Å²) in [5.41, 5.74) is 2.90. The number of aryl methyl sites for hydroxylation is 1. The van der Waals surface area contributed by atoms with Crippen LogP contribution in [0.3, 0.4) is 0 Å². The zero-order valence-electron chi connectivity index (χ0n) is 10.3. The normalized spacial score (nSPS) is 19.2. The van der Waals surface area contributed by atoms with Crippen molar-refractivity contribution >= 4 is 0 Å². The summed E-state index contributed by atoms with van der Waals surface area (Å²) in [7, 11) is 0. The summed E-state index contributed by atoms with van der Waals surface area (Å²) in [5, 5.41) is 17.5. The van der Waals surface area contributed by atoms with Crippen LogP contribution in [-0.4, -0.2) is 20.6 Å². The Bertz CT molecular complexity index is 494. The van der Waals surface area contributed by atoms with Gasteiger partial charge in [-0.15, -0.1) is 10.2 Å². The molecule has 0 saturated carbocycles.